The smallest absolute Gasteiger partial charge is 0.338 e. The Morgan fingerprint density at radius 2 is 1.46 bits per heavy atom. The van der Waals surface area contributed by atoms with E-state index < -0.39 is 11.9 Å². The molecule has 142 valence electrons. The summed E-state index contributed by atoms with van der Waals surface area (Å²) in [6.45, 7) is 2.12. The molecule has 0 heterocycles. The minimum Gasteiger partial charge on any atom is -0.494 e. The highest BCUT2D eigenvalue weighted by Gasteiger charge is 2.11. The summed E-state index contributed by atoms with van der Waals surface area (Å²) < 4.78 is 10.4. The molecule has 1 N–H and O–H groups in total. The van der Waals surface area contributed by atoms with Gasteiger partial charge >= 0.3 is 5.97 Å². The van der Waals surface area contributed by atoms with Gasteiger partial charge in [0.15, 0.2) is 6.61 Å². The van der Waals surface area contributed by atoms with Crippen LogP contribution in [0.15, 0.2) is 78.9 Å². The van der Waals surface area contributed by atoms with Crippen LogP contribution in [0.2, 0.25) is 0 Å². The van der Waals surface area contributed by atoms with E-state index in [-0.39, 0.29) is 6.61 Å². The van der Waals surface area contributed by atoms with Crippen molar-refractivity contribution < 1.29 is 19.1 Å². The molecule has 0 saturated heterocycles. The molecule has 0 fully saturated rings. The maximum atomic E-state index is 12.1. The van der Waals surface area contributed by atoms with Gasteiger partial charge in [-0.05, 0) is 54.4 Å². The van der Waals surface area contributed by atoms with Gasteiger partial charge in [-0.1, -0.05) is 42.5 Å². The van der Waals surface area contributed by atoms with Gasteiger partial charge in [0.1, 0.15) is 5.75 Å². The number of carbonyl (C=O) groups is 2. The van der Waals surface area contributed by atoms with Gasteiger partial charge in [0, 0.05) is 5.69 Å². The predicted molar refractivity (Wildman–Crippen MR) is 108 cm³/mol. The lowest BCUT2D eigenvalue weighted by molar-refractivity contribution is -0.119. The first-order valence-corrected chi connectivity index (χ1v) is 9.01. The molecule has 0 saturated carbocycles. The van der Waals surface area contributed by atoms with Crippen LogP contribution in [0.1, 0.15) is 17.3 Å². The van der Waals surface area contributed by atoms with Crippen LogP contribution in [0.3, 0.4) is 0 Å². The molecule has 5 heteroatoms. The quantitative estimate of drug-likeness (QED) is 0.616. The van der Waals surface area contributed by atoms with Crippen LogP contribution in [0, 0.1) is 0 Å². The minimum absolute atomic E-state index is 0.355. The summed E-state index contributed by atoms with van der Waals surface area (Å²) in [6.07, 6.45) is 0. The van der Waals surface area contributed by atoms with Crippen molar-refractivity contribution >= 4 is 17.6 Å². The minimum atomic E-state index is -0.540. The highest BCUT2D eigenvalue weighted by Crippen LogP contribution is 2.19. The van der Waals surface area contributed by atoms with Crippen LogP contribution >= 0.6 is 0 Å². The SMILES string of the molecule is CCOc1ccc(NC(=O)COC(=O)c2ccc(-c3ccccc3)cc2)cc1. The molecule has 0 aliphatic carbocycles. The molecule has 0 aliphatic heterocycles. The second-order valence-corrected chi connectivity index (χ2v) is 6.03. The fourth-order valence-electron chi connectivity index (χ4n) is 2.64. The molecule has 0 atom stereocenters. The summed E-state index contributed by atoms with van der Waals surface area (Å²) >= 11 is 0. The Morgan fingerprint density at radius 1 is 0.821 bits per heavy atom. The Morgan fingerprint density at radius 3 is 2.11 bits per heavy atom. The molecule has 28 heavy (non-hydrogen) atoms. The normalized spacial score (nSPS) is 10.2. The highest BCUT2D eigenvalue weighted by atomic mass is 16.5. The number of rotatable bonds is 7. The van der Waals surface area contributed by atoms with E-state index in [0.29, 0.717) is 17.9 Å². The third kappa shape index (κ3) is 5.20. The Kier molecular flexibility index (Phi) is 6.41. The van der Waals surface area contributed by atoms with Crippen LogP contribution in [0.5, 0.6) is 5.75 Å². The maximum Gasteiger partial charge on any atom is 0.338 e. The number of esters is 1. The third-order valence-electron chi connectivity index (χ3n) is 4.01. The molecule has 1 amide bonds. The molecule has 0 aromatic heterocycles. The zero-order valence-corrected chi connectivity index (χ0v) is 15.6. The molecule has 0 aliphatic rings. The molecular weight excluding hydrogens is 354 g/mol. The molecule has 3 aromatic carbocycles. The number of hydrogen-bond acceptors (Lipinski definition) is 4. The molecular formula is C23H21NO4. The Labute approximate surface area is 163 Å². The molecule has 0 bridgehead atoms. The van der Waals surface area contributed by atoms with E-state index in [2.05, 4.69) is 5.32 Å². The fourth-order valence-corrected chi connectivity index (χ4v) is 2.64. The summed E-state index contributed by atoms with van der Waals surface area (Å²) in [5.74, 6) is -0.217. The van der Waals surface area contributed by atoms with Crippen molar-refractivity contribution in [3.05, 3.63) is 84.4 Å². The van der Waals surface area contributed by atoms with Crippen molar-refractivity contribution in [3.8, 4) is 16.9 Å². The van der Waals surface area contributed by atoms with E-state index in [1.54, 1.807) is 36.4 Å². The van der Waals surface area contributed by atoms with Gasteiger partial charge in [-0.25, -0.2) is 4.79 Å². The largest absolute Gasteiger partial charge is 0.494 e. The van der Waals surface area contributed by atoms with E-state index in [0.717, 1.165) is 16.9 Å². The Hall–Kier alpha value is -3.60. The first-order chi connectivity index (χ1) is 13.7. The number of carbonyl (C=O) groups excluding carboxylic acids is 2. The van der Waals surface area contributed by atoms with Crippen LogP contribution < -0.4 is 10.1 Å². The van der Waals surface area contributed by atoms with Gasteiger partial charge in [0.25, 0.3) is 5.91 Å². The molecule has 0 spiro atoms. The van der Waals surface area contributed by atoms with Crippen molar-refractivity contribution in [1.29, 1.82) is 0 Å². The average Bonchev–Trinajstić information content (AvgIpc) is 2.74. The fraction of sp³-hybridized carbons (Fsp3) is 0.130. The summed E-state index contributed by atoms with van der Waals surface area (Å²) in [6, 6.07) is 23.9. The maximum absolute atomic E-state index is 12.1. The van der Waals surface area contributed by atoms with E-state index in [1.807, 2.05) is 49.4 Å². The zero-order valence-electron chi connectivity index (χ0n) is 15.6. The number of ether oxygens (including phenoxy) is 2. The van der Waals surface area contributed by atoms with Crippen molar-refractivity contribution in [3.63, 3.8) is 0 Å². The van der Waals surface area contributed by atoms with Gasteiger partial charge in [0.2, 0.25) is 0 Å². The van der Waals surface area contributed by atoms with Gasteiger partial charge in [-0.3, -0.25) is 4.79 Å². The van der Waals surface area contributed by atoms with Gasteiger partial charge < -0.3 is 14.8 Å². The van der Waals surface area contributed by atoms with E-state index in [1.165, 1.54) is 0 Å². The molecule has 0 radical (unpaired) electrons. The number of anilines is 1. The zero-order chi connectivity index (χ0) is 19.8. The lowest BCUT2D eigenvalue weighted by atomic mass is 10.0. The standard InChI is InChI=1S/C23H21NO4/c1-2-27-21-14-12-20(13-15-21)24-22(25)16-28-23(26)19-10-8-18(9-11-19)17-6-4-3-5-7-17/h3-15H,2,16H2,1H3,(H,24,25). The number of amides is 1. The van der Waals surface area contributed by atoms with E-state index >= 15 is 0 Å². The molecule has 3 rings (SSSR count). The number of hydrogen-bond donors (Lipinski definition) is 1. The molecule has 5 nitrogen and oxygen atoms in total. The van der Waals surface area contributed by atoms with Crippen LogP contribution in [0.25, 0.3) is 11.1 Å². The average molecular weight is 375 g/mol. The first kappa shape index (κ1) is 19.2. The van der Waals surface area contributed by atoms with E-state index in [9.17, 15) is 9.59 Å². The van der Waals surface area contributed by atoms with Gasteiger partial charge in [-0.2, -0.15) is 0 Å². The second-order valence-electron chi connectivity index (χ2n) is 6.03. The summed E-state index contributed by atoms with van der Waals surface area (Å²) in [5.41, 5.74) is 3.08. The number of nitrogens with one attached hydrogen (secondary N) is 1. The third-order valence-corrected chi connectivity index (χ3v) is 4.01. The van der Waals surface area contributed by atoms with Crippen LogP contribution in [-0.2, 0) is 9.53 Å². The summed E-state index contributed by atoms with van der Waals surface area (Å²) in [5, 5.41) is 2.68. The Balaban J connectivity index is 1.51. The predicted octanol–water partition coefficient (Wildman–Crippen LogP) is 4.55. The van der Waals surface area contributed by atoms with Crippen molar-refractivity contribution in [1.82, 2.24) is 0 Å². The highest BCUT2D eigenvalue weighted by molar-refractivity contribution is 5.95. The second kappa shape index (κ2) is 9.37. The summed E-state index contributed by atoms with van der Waals surface area (Å²) in [7, 11) is 0. The van der Waals surface area contributed by atoms with Gasteiger partial charge in [-0.15, -0.1) is 0 Å². The monoisotopic (exact) mass is 375 g/mol. The molecule has 3 aromatic rings. The topological polar surface area (TPSA) is 64.6 Å². The first-order valence-electron chi connectivity index (χ1n) is 9.01. The lowest BCUT2D eigenvalue weighted by Crippen LogP contribution is -2.20. The summed E-state index contributed by atoms with van der Waals surface area (Å²) in [4.78, 5) is 24.1. The van der Waals surface area contributed by atoms with Crippen LogP contribution in [0.4, 0.5) is 5.69 Å². The van der Waals surface area contributed by atoms with E-state index in [4.69, 9.17) is 9.47 Å². The Bertz CT molecular complexity index is 919. The van der Waals surface area contributed by atoms with Gasteiger partial charge in [0.05, 0.1) is 12.2 Å². The van der Waals surface area contributed by atoms with Crippen molar-refractivity contribution in [2.45, 2.75) is 6.92 Å². The van der Waals surface area contributed by atoms with Crippen LogP contribution in [-0.4, -0.2) is 25.1 Å². The number of benzene rings is 3. The van der Waals surface area contributed by atoms with Crippen molar-refractivity contribution in [2.75, 3.05) is 18.5 Å². The van der Waals surface area contributed by atoms with Crippen molar-refractivity contribution in [2.24, 2.45) is 0 Å². The lowest BCUT2D eigenvalue weighted by Gasteiger charge is -2.08. The molecule has 0 unspecified atom stereocenters.